The maximum atomic E-state index is 14.6. The minimum Gasteiger partial charge on any atom is -0.355 e. The van der Waals surface area contributed by atoms with Crippen LogP contribution in [0.1, 0.15) is 35.3 Å². The van der Waals surface area contributed by atoms with Gasteiger partial charge in [-0.1, -0.05) is 23.8 Å². The molecule has 0 aliphatic heterocycles. The van der Waals surface area contributed by atoms with Gasteiger partial charge < -0.3 is 15.1 Å². The smallest absolute Gasteiger partial charge is 0.253 e. The number of nitrogens with one attached hydrogen (secondary N) is 1. The Bertz CT molecular complexity index is 1100. The normalized spacial score (nSPS) is 14.0. The van der Waals surface area contributed by atoms with Crippen LogP contribution in [0.5, 0.6) is 0 Å². The Labute approximate surface area is 189 Å². The van der Waals surface area contributed by atoms with Gasteiger partial charge in [0.15, 0.2) is 5.69 Å². The molecule has 0 bridgehead atoms. The lowest BCUT2D eigenvalue weighted by molar-refractivity contribution is -0.125. The Balaban J connectivity index is 1.96. The van der Waals surface area contributed by atoms with Gasteiger partial charge in [0, 0.05) is 19.8 Å². The Kier molecular flexibility index (Phi) is 6.53. The van der Waals surface area contributed by atoms with Gasteiger partial charge >= 0.3 is 0 Å². The molecule has 0 spiro atoms. The predicted molar refractivity (Wildman–Crippen MR) is 120 cm³/mol. The molecule has 0 radical (unpaired) electrons. The van der Waals surface area contributed by atoms with E-state index in [-0.39, 0.29) is 22.2 Å². The summed E-state index contributed by atoms with van der Waals surface area (Å²) < 4.78 is 14.6. The molecule has 1 aliphatic rings. The van der Waals surface area contributed by atoms with E-state index in [1.807, 2.05) is 6.07 Å². The van der Waals surface area contributed by atoms with E-state index in [1.54, 1.807) is 18.0 Å². The van der Waals surface area contributed by atoms with E-state index in [0.29, 0.717) is 24.2 Å². The van der Waals surface area contributed by atoms with Gasteiger partial charge in [0.05, 0.1) is 28.0 Å². The summed E-state index contributed by atoms with van der Waals surface area (Å²) in [7, 11) is 3.00. The van der Waals surface area contributed by atoms with Crippen molar-refractivity contribution in [2.75, 3.05) is 23.9 Å². The van der Waals surface area contributed by atoms with Crippen LogP contribution in [-0.2, 0) is 4.79 Å². The number of likely N-dealkylation sites (N-methyl/N-ethyl adjacent to an activating group) is 1. The summed E-state index contributed by atoms with van der Waals surface area (Å²) in [6.45, 7) is 0. The molecule has 0 saturated heterocycles. The second-order valence-corrected chi connectivity index (χ2v) is 7.72. The molecule has 10 heteroatoms. The summed E-state index contributed by atoms with van der Waals surface area (Å²) in [4.78, 5) is 32.3. The lowest BCUT2D eigenvalue weighted by Gasteiger charge is -2.49. The third-order valence-electron chi connectivity index (χ3n) is 5.47. The van der Waals surface area contributed by atoms with Crippen molar-refractivity contribution in [1.82, 2.24) is 10.3 Å². The van der Waals surface area contributed by atoms with E-state index in [1.165, 1.54) is 41.8 Å². The molecule has 0 unspecified atom stereocenters. The van der Waals surface area contributed by atoms with Crippen molar-refractivity contribution in [3.8, 4) is 6.07 Å². The van der Waals surface area contributed by atoms with Crippen molar-refractivity contribution in [1.29, 1.82) is 5.26 Å². The zero-order chi connectivity index (χ0) is 22.8. The van der Waals surface area contributed by atoms with Crippen LogP contribution >= 0.6 is 23.8 Å². The van der Waals surface area contributed by atoms with Gasteiger partial charge in [-0.05, 0) is 43.5 Å². The number of benzene rings is 1. The third-order valence-corrected chi connectivity index (χ3v) is 5.97. The highest BCUT2D eigenvalue weighted by atomic mass is 35.5. The number of halogens is 2. The number of anilines is 2. The fourth-order valence-electron chi connectivity index (χ4n) is 3.57. The largest absolute Gasteiger partial charge is 0.355 e. The number of amides is 2. The van der Waals surface area contributed by atoms with E-state index in [0.717, 1.165) is 6.42 Å². The summed E-state index contributed by atoms with van der Waals surface area (Å²) in [5, 5.41) is 11.5. The highest BCUT2D eigenvalue weighted by Gasteiger charge is 2.50. The van der Waals surface area contributed by atoms with E-state index < -0.39 is 17.3 Å². The Morgan fingerprint density at radius 1 is 1.35 bits per heavy atom. The van der Waals surface area contributed by atoms with Crippen LogP contribution in [0.2, 0.25) is 5.02 Å². The SMILES string of the molecule is CNC(=O)c1ccc(N(C=S)C2(C(=O)N(C)c3cnc(C#N)c(Cl)c3)CCC2)cc1F. The molecular formula is C21H19ClFN5O2S. The molecule has 31 heavy (non-hydrogen) atoms. The van der Waals surface area contributed by atoms with E-state index in [2.05, 4.69) is 10.3 Å². The quantitative estimate of drug-likeness (QED) is 0.665. The van der Waals surface area contributed by atoms with Crippen LogP contribution in [0.15, 0.2) is 30.5 Å². The van der Waals surface area contributed by atoms with Crippen molar-refractivity contribution >= 4 is 52.5 Å². The maximum absolute atomic E-state index is 14.6. The van der Waals surface area contributed by atoms with Gasteiger partial charge in [0.2, 0.25) is 0 Å². The van der Waals surface area contributed by atoms with Crippen LogP contribution in [0, 0.1) is 17.1 Å². The van der Waals surface area contributed by atoms with Crippen molar-refractivity contribution in [2.24, 2.45) is 0 Å². The second kappa shape index (κ2) is 8.96. The number of aromatic nitrogens is 1. The summed E-state index contributed by atoms with van der Waals surface area (Å²) in [5.41, 5.74) is 1.08. The van der Waals surface area contributed by atoms with Gasteiger partial charge in [0.1, 0.15) is 17.4 Å². The van der Waals surface area contributed by atoms with E-state index >= 15 is 0 Å². The lowest BCUT2D eigenvalue weighted by Crippen LogP contribution is -2.63. The highest BCUT2D eigenvalue weighted by Crippen LogP contribution is 2.42. The van der Waals surface area contributed by atoms with Crippen LogP contribution in [-0.4, -0.2) is 41.9 Å². The fourth-order valence-corrected chi connectivity index (χ4v) is 4.10. The lowest BCUT2D eigenvalue weighted by atomic mass is 9.74. The maximum Gasteiger partial charge on any atom is 0.253 e. The molecule has 160 valence electrons. The molecule has 1 fully saturated rings. The molecule has 3 rings (SSSR count). The molecule has 0 atom stereocenters. The van der Waals surface area contributed by atoms with Crippen molar-refractivity contribution in [3.05, 3.63) is 52.6 Å². The molecule has 1 aromatic heterocycles. The summed E-state index contributed by atoms with van der Waals surface area (Å²) >= 11 is 11.3. The molecule has 2 amide bonds. The van der Waals surface area contributed by atoms with E-state index in [4.69, 9.17) is 29.1 Å². The number of nitrogens with zero attached hydrogens (tertiary/aromatic N) is 4. The fraction of sp³-hybridized carbons (Fsp3) is 0.286. The minimum atomic E-state index is -1.00. The Morgan fingerprint density at radius 3 is 2.55 bits per heavy atom. The first kappa shape index (κ1) is 22.6. The second-order valence-electron chi connectivity index (χ2n) is 7.10. The predicted octanol–water partition coefficient (Wildman–Crippen LogP) is 3.45. The van der Waals surface area contributed by atoms with Crippen molar-refractivity contribution in [2.45, 2.75) is 24.8 Å². The zero-order valence-electron chi connectivity index (χ0n) is 16.9. The third kappa shape index (κ3) is 3.96. The van der Waals surface area contributed by atoms with Gasteiger partial charge in [-0.2, -0.15) is 5.26 Å². The Hall–Kier alpha value is -3.09. The highest BCUT2D eigenvalue weighted by molar-refractivity contribution is 7.79. The molecule has 1 aliphatic carbocycles. The number of carbonyl (C=O) groups excluding carboxylic acids is 2. The van der Waals surface area contributed by atoms with Crippen LogP contribution in [0.3, 0.4) is 0 Å². The molecule has 1 N–H and O–H groups in total. The standard InChI is InChI=1S/C21H19ClFN5O2S/c1-25-19(29)15-5-4-13(9-17(15)23)28(12-31)21(6-3-7-21)20(30)27(2)14-8-16(22)18(10-24)26-11-14/h4-5,8-9,11-12H,3,6-7H2,1-2H3,(H,25,29). The summed E-state index contributed by atoms with van der Waals surface area (Å²) in [6, 6.07) is 7.49. The zero-order valence-corrected chi connectivity index (χ0v) is 18.4. The van der Waals surface area contributed by atoms with Crippen molar-refractivity contribution in [3.63, 3.8) is 0 Å². The van der Waals surface area contributed by atoms with Crippen LogP contribution in [0.25, 0.3) is 0 Å². The van der Waals surface area contributed by atoms with Gasteiger partial charge in [-0.15, -0.1) is 0 Å². The summed E-state index contributed by atoms with van der Waals surface area (Å²) in [5.74, 6) is -1.52. The average molecular weight is 460 g/mol. The van der Waals surface area contributed by atoms with Gasteiger partial charge in [-0.3, -0.25) is 9.59 Å². The average Bonchev–Trinajstić information content (AvgIpc) is 2.74. The number of rotatable bonds is 6. The number of hydrogen-bond acceptors (Lipinski definition) is 5. The molecule has 1 heterocycles. The van der Waals surface area contributed by atoms with Crippen molar-refractivity contribution < 1.29 is 14.0 Å². The molecule has 1 saturated carbocycles. The first-order valence-electron chi connectivity index (χ1n) is 9.39. The summed E-state index contributed by atoms with van der Waals surface area (Å²) in [6.07, 6.45) is 3.22. The van der Waals surface area contributed by atoms with E-state index in [9.17, 15) is 14.0 Å². The number of hydrogen-bond donors (Lipinski definition) is 1. The number of nitriles is 1. The minimum absolute atomic E-state index is 0.0665. The molecular weight excluding hydrogens is 441 g/mol. The molecule has 1 aromatic carbocycles. The van der Waals surface area contributed by atoms with Gasteiger partial charge in [0.25, 0.3) is 11.8 Å². The molecule has 7 nitrogen and oxygen atoms in total. The molecule has 2 aromatic rings. The topological polar surface area (TPSA) is 89.3 Å². The van der Waals surface area contributed by atoms with Crippen LogP contribution in [0.4, 0.5) is 15.8 Å². The first-order valence-corrected chi connectivity index (χ1v) is 10.2. The Morgan fingerprint density at radius 2 is 2.06 bits per heavy atom. The van der Waals surface area contributed by atoms with Gasteiger partial charge in [-0.25, -0.2) is 9.37 Å². The number of thiocarbonyl (C=S) groups is 1. The number of pyridine rings is 1. The monoisotopic (exact) mass is 459 g/mol. The van der Waals surface area contributed by atoms with Crippen LogP contribution < -0.4 is 15.1 Å². The first-order chi connectivity index (χ1) is 14.8. The number of carbonyl (C=O) groups is 2.